The van der Waals surface area contributed by atoms with Crippen molar-refractivity contribution in [3.63, 3.8) is 0 Å². The van der Waals surface area contributed by atoms with Gasteiger partial charge in [-0.2, -0.15) is 13.2 Å². The standard InChI is InChI=1S/C15H11F4NO/c1-9-2-4-11(20-8-9)7-14(21)12-6-10(15(17,18)19)3-5-13(12)16/h2-6,8H,7H2,1H3. The summed E-state index contributed by atoms with van der Waals surface area (Å²) in [4.78, 5) is 15.9. The summed E-state index contributed by atoms with van der Waals surface area (Å²) in [6.07, 6.45) is -3.34. The van der Waals surface area contributed by atoms with Crippen LogP contribution in [0, 0.1) is 12.7 Å². The Kier molecular flexibility index (Phi) is 4.06. The average molecular weight is 297 g/mol. The summed E-state index contributed by atoms with van der Waals surface area (Å²) in [6.45, 7) is 1.81. The summed E-state index contributed by atoms with van der Waals surface area (Å²) < 4.78 is 51.3. The number of aromatic nitrogens is 1. The molecule has 2 aromatic rings. The van der Waals surface area contributed by atoms with E-state index in [0.29, 0.717) is 23.9 Å². The maximum Gasteiger partial charge on any atom is 0.416 e. The number of benzene rings is 1. The fourth-order valence-corrected chi connectivity index (χ4v) is 1.78. The minimum Gasteiger partial charge on any atom is -0.294 e. The number of Topliss-reactive ketones (excluding diaryl/α,β-unsaturated/α-hetero) is 1. The first-order chi connectivity index (χ1) is 9.77. The summed E-state index contributed by atoms with van der Waals surface area (Å²) >= 11 is 0. The van der Waals surface area contributed by atoms with E-state index < -0.39 is 28.9 Å². The number of nitrogens with zero attached hydrogens (tertiary/aromatic N) is 1. The Hall–Kier alpha value is -2.24. The maximum atomic E-state index is 13.6. The van der Waals surface area contributed by atoms with Gasteiger partial charge in [0.1, 0.15) is 5.82 Å². The highest BCUT2D eigenvalue weighted by Gasteiger charge is 2.31. The molecule has 1 aromatic carbocycles. The highest BCUT2D eigenvalue weighted by Crippen LogP contribution is 2.30. The Balaban J connectivity index is 2.28. The fraction of sp³-hybridized carbons (Fsp3) is 0.200. The molecular formula is C15H11F4NO. The van der Waals surface area contributed by atoms with Crippen molar-refractivity contribution >= 4 is 5.78 Å². The Morgan fingerprint density at radius 2 is 1.90 bits per heavy atom. The SMILES string of the molecule is Cc1ccc(CC(=O)c2cc(C(F)(F)F)ccc2F)nc1. The Labute approximate surface area is 118 Å². The molecule has 6 heteroatoms. The van der Waals surface area contributed by atoms with Gasteiger partial charge in [0, 0.05) is 11.9 Å². The molecule has 2 nitrogen and oxygen atoms in total. The van der Waals surface area contributed by atoms with Crippen molar-refractivity contribution in [3.8, 4) is 0 Å². The van der Waals surface area contributed by atoms with Crippen molar-refractivity contribution in [3.05, 3.63) is 64.7 Å². The molecule has 0 aliphatic rings. The van der Waals surface area contributed by atoms with Crippen LogP contribution >= 0.6 is 0 Å². The van der Waals surface area contributed by atoms with E-state index in [-0.39, 0.29) is 6.42 Å². The van der Waals surface area contributed by atoms with E-state index in [9.17, 15) is 22.4 Å². The third kappa shape index (κ3) is 3.65. The van der Waals surface area contributed by atoms with E-state index in [1.165, 1.54) is 6.20 Å². The van der Waals surface area contributed by atoms with Crippen molar-refractivity contribution in [2.75, 3.05) is 0 Å². The quantitative estimate of drug-likeness (QED) is 0.633. The van der Waals surface area contributed by atoms with Crippen LogP contribution in [-0.2, 0) is 12.6 Å². The van der Waals surface area contributed by atoms with Gasteiger partial charge in [0.05, 0.1) is 17.5 Å². The molecule has 0 unspecified atom stereocenters. The van der Waals surface area contributed by atoms with Crippen LogP contribution in [0.2, 0.25) is 0 Å². The van der Waals surface area contributed by atoms with Gasteiger partial charge < -0.3 is 0 Å². The predicted molar refractivity (Wildman–Crippen MR) is 68.4 cm³/mol. The van der Waals surface area contributed by atoms with Crippen LogP contribution in [0.1, 0.15) is 27.2 Å². The first-order valence-electron chi connectivity index (χ1n) is 6.09. The van der Waals surface area contributed by atoms with Gasteiger partial charge in [-0.25, -0.2) is 4.39 Å². The second-order valence-electron chi connectivity index (χ2n) is 4.62. The molecule has 0 atom stereocenters. The van der Waals surface area contributed by atoms with E-state index in [4.69, 9.17) is 0 Å². The summed E-state index contributed by atoms with van der Waals surface area (Å²) in [5.41, 5.74) is -0.366. The van der Waals surface area contributed by atoms with Crippen LogP contribution in [0.25, 0.3) is 0 Å². The van der Waals surface area contributed by atoms with E-state index in [1.807, 2.05) is 6.92 Å². The van der Waals surface area contributed by atoms with E-state index in [0.717, 1.165) is 5.56 Å². The molecule has 0 fully saturated rings. The summed E-state index contributed by atoms with van der Waals surface area (Å²) in [5, 5.41) is 0. The molecule has 0 N–H and O–H groups in total. The maximum absolute atomic E-state index is 13.6. The second-order valence-corrected chi connectivity index (χ2v) is 4.62. The molecule has 1 heterocycles. The van der Waals surface area contributed by atoms with E-state index in [2.05, 4.69) is 4.98 Å². The van der Waals surface area contributed by atoms with Gasteiger partial charge in [-0.3, -0.25) is 9.78 Å². The van der Waals surface area contributed by atoms with Crippen molar-refractivity contribution in [1.29, 1.82) is 0 Å². The molecule has 0 radical (unpaired) electrons. The number of hydrogen-bond donors (Lipinski definition) is 0. The minimum absolute atomic E-state index is 0.251. The predicted octanol–water partition coefficient (Wildman–Crippen LogP) is 3.97. The molecule has 0 saturated heterocycles. The van der Waals surface area contributed by atoms with Gasteiger partial charge >= 0.3 is 6.18 Å². The van der Waals surface area contributed by atoms with Gasteiger partial charge in [0.25, 0.3) is 0 Å². The van der Waals surface area contributed by atoms with Crippen LogP contribution in [-0.4, -0.2) is 10.8 Å². The van der Waals surface area contributed by atoms with Crippen molar-refractivity contribution < 1.29 is 22.4 Å². The van der Waals surface area contributed by atoms with Gasteiger partial charge in [-0.05, 0) is 36.8 Å². The topological polar surface area (TPSA) is 30.0 Å². The molecule has 2 rings (SSSR count). The van der Waals surface area contributed by atoms with Crippen LogP contribution in [0.15, 0.2) is 36.5 Å². The average Bonchev–Trinajstić information content (AvgIpc) is 2.40. The summed E-state index contributed by atoms with van der Waals surface area (Å²) in [6, 6.07) is 5.09. The van der Waals surface area contributed by atoms with E-state index in [1.54, 1.807) is 12.1 Å². The van der Waals surface area contributed by atoms with Gasteiger partial charge in [-0.15, -0.1) is 0 Å². The lowest BCUT2D eigenvalue weighted by Crippen LogP contribution is -2.11. The minimum atomic E-state index is -4.62. The monoisotopic (exact) mass is 297 g/mol. The van der Waals surface area contributed by atoms with Crippen LogP contribution in [0.4, 0.5) is 17.6 Å². The number of ketones is 1. The van der Waals surface area contributed by atoms with Gasteiger partial charge in [0.2, 0.25) is 0 Å². The number of aryl methyl sites for hydroxylation is 1. The molecule has 110 valence electrons. The second kappa shape index (κ2) is 5.63. The number of alkyl halides is 3. The molecule has 0 amide bonds. The number of carbonyl (C=O) groups excluding carboxylic acids is 1. The zero-order valence-electron chi connectivity index (χ0n) is 11.0. The lowest BCUT2D eigenvalue weighted by Gasteiger charge is -2.09. The van der Waals surface area contributed by atoms with E-state index >= 15 is 0 Å². The molecule has 0 aliphatic carbocycles. The number of halogens is 4. The number of rotatable bonds is 3. The summed E-state index contributed by atoms with van der Waals surface area (Å²) in [7, 11) is 0. The Morgan fingerprint density at radius 3 is 2.48 bits per heavy atom. The van der Waals surface area contributed by atoms with Crippen molar-refractivity contribution in [2.24, 2.45) is 0 Å². The molecule has 21 heavy (non-hydrogen) atoms. The van der Waals surface area contributed by atoms with Crippen molar-refractivity contribution in [1.82, 2.24) is 4.98 Å². The first kappa shape index (κ1) is 15.2. The third-order valence-corrected chi connectivity index (χ3v) is 2.91. The lowest BCUT2D eigenvalue weighted by atomic mass is 10.0. The van der Waals surface area contributed by atoms with Crippen LogP contribution in [0.5, 0.6) is 0 Å². The smallest absolute Gasteiger partial charge is 0.294 e. The molecule has 0 spiro atoms. The zero-order valence-corrected chi connectivity index (χ0v) is 11.0. The van der Waals surface area contributed by atoms with Crippen molar-refractivity contribution in [2.45, 2.75) is 19.5 Å². The van der Waals surface area contributed by atoms with Gasteiger partial charge in [-0.1, -0.05) is 6.07 Å². The molecule has 1 aromatic heterocycles. The third-order valence-electron chi connectivity index (χ3n) is 2.91. The normalized spacial score (nSPS) is 11.5. The first-order valence-corrected chi connectivity index (χ1v) is 6.09. The molecular weight excluding hydrogens is 286 g/mol. The Morgan fingerprint density at radius 1 is 1.19 bits per heavy atom. The number of hydrogen-bond acceptors (Lipinski definition) is 2. The van der Waals surface area contributed by atoms with Gasteiger partial charge in [0.15, 0.2) is 5.78 Å². The van der Waals surface area contributed by atoms with Crippen LogP contribution in [0.3, 0.4) is 0 Å². The number of pyridine rings is 1. The Bertz CT molecular complexity index is 662. The zero-order chi connectivity index (χ0) is 15.6. The summed E-state index contributed by atoms with van der Waals surface area (Å²) in [5.74, 6) is -1.71. The number of carbonyl (C=O) groups is 1. The highest BCUT2D eigenvalue weighted by atomic mass is 19.4. The fourth-order valence-electron chi connectivity index (χ4n) is 1.78. The molecule has 0 bridgehead atoms. The molecule has 0 aliphatic heterocycles. The largest absolute Gasteiger partial charge is 0.416 e. The van der Waals surface area contributed by atoms with Crippen LogP contribution < -0.4 is 0 Å². The highest BCUT2D eigenvalue weighted by molar-refractivity contribution is 5.97. The molecule has 0 saturated carbocycles. The lowest BCUT2D eigenvalue weighted by molar-refractivity contribution is -0.137.